The van der Waals surface area contributed by atoms with E-state index in [4.69, 9.17) is 6.42 Å². The molecule has 0 spiro atoms. The lowest BCUT2D eigenvalue weighted by atomic mass is 10.1. The lowest BCUT2D eigenvalue weighted by Crippen LogP contribution is -2.39. The summed E-state index contributed by atoms with van der Waals surface area (Å²) in [5, 5.41) is 10.5. The Morgan fingerprint density at radius 3 is 2.80 bits per heavy atom. The maximum atomic E-state index is 12.2. The van der Waals surface area contributed by atoms with Crippen molar-refractivity contribution < 1.29 is 4.79 Å². The summed E-state index contributed by atoms with van der Waals surface area (Å²) >= 11 is 0. The fourth-order valence-electron chi connectivity index (χ4n) is 3.03. The summed E-state index contributed by atoms with van der Waals surface area (Å²) < 4.78 is 0. The minimum Gasteiger partial charge on any atom is -0.361 e. The zero-order valence-electron chi connectivity index (χ0n) is 16.9. The van der Waals surface area contributed by atoms with Crippen molar-refractivity contribution in [2.75, 3.05) is 25.0 Å². The molecule has 7 heteroatoms. The topological polar surface area (TPSA) is 81.3 Å². The highest BCUT2D eigenvalue weighted by Crippen LogP contribution is 2.17. The van der Waals surface area contributed by atoms with Gasteiger partial charge in [0.2, 0.25) is 5.91 Å². The van der Waals surface area contributed by atoms with Crippen LogP contribution in [0.15, 0.2) is 59.7 Å². The number of aromatic amines is 1. The molecular formula is C23H26IN5O. The number of H-pyrrole nitrogens is 1. The van der Waals surface area contributed by atoms with E-state index in [2.05, 4.69) is 44.0 Å². The third-order valence-corrected chi connectivity index (χ3v) is 4.40. The Morgan fingerprint density at radius 2 is 2.00 bits per heavy atom. The van der Waals surface area contributed by atoms with E-state index in [1.807, 2.05) is 37.4 Å². The highest BCUT2D eigenvalue weighted by molar-refractivity contribution is 14.0. The van der Waals surface area contributed by atoms with Crippen LogP contribution in [0.25, 0.3) is 10.9 Å². The smallest absolute Gasteiger partial charge is 0.246 e. The number of benzene rings is 2. The zero-order chi connectivity index (χ0) is 20.5. The monoisotopic (exact) mass is 515 g/mol. The quantitative estimate of drug-likeness (QED) is 0.168. The number of nitrogens with zero attached hydrogens (tertiary/aromatic N) is 1. The molecule has 0 saturated heterocycles. The van der Waals surface area contributed by atoms with Crippen LogP contribution in [0.5, 0.6) is 0 Å². The van der Waals surface area contributed by atoms with Gasteiger partial charge in [0.15, 0.2) is 5.96 Å². The van der Waals surface area contributed by atoms with Crippen LogP contribution in [0.2, 0.25) is 0 Å². The number of guanidine groups is 1. The predicted octanol–water partition coefficient (Wildman–Crippen LogP) is 3.50. The van der Waals surface area contributed by atoms with Gasteiger partial charge in [0.25, 0.3) is 0 Å². The number of para-hydroxylation sites is 1. The molecule has 4 N–H and O–H groups in total. The van der Waals surface area contributed by atoms with E-state index in [0.717, 1.165) is 17.5 Å². The Hall–Kier alpha value is -2.99. The molecule has 1 amide bonds. The van der Waals surface area contributed by atoms with Crippen LogP contribution in [-0.2, 0) is 11.2 Å². The van der Waals surface area contributed by atoms with Crippen LogP contribution in [0.1, 0.15) is 18.1 Å². The minimum atomic E-state index is -0.201. The maximum Gasteiger partial charge on any atom is 0.246 e. The SMILES string of the molecule is C#Cc1cccc(NC(=O)CN=C(NCC)NCCc2c[nH]c3ccccc23)c1.I. The Labute approximate surface area is 194 Å². The number of fused-ring (bicyclic) bond motifs is 1. The van der Waals surface area contributed by atoms with Gasteiger partial charge in [-0.15, -0.1) is 30.4 Å². The van der Waals surface area contributed by atoms with Crippen LogP contribution in [0, 0.1) is 12.3 Å². The number of aliphatic imine (C=N–C) groups is 1. The molecule has 0 unspecified atom stereocenters. The molecule has 0 aliphatic rings. The summed E-state index contributed by atoms with van der Waals surface area (Å²) in [6, 6.07) is 15.4. The van der Waals surface area contributed by atoms with E-state index in [1.54, 1.807) is 12.1 Å². The summed E-state index contributed by atoms with van der Waals surface area (Å²) in [5.74, 6) is 2.96. The molecule has 156 valence electrons. The second kappa shape index (κ2) is 11.9. The Balaban J connectivity index is 0.00000320. The first-order chi connectivity index (χ1) is 14.2. The number of amides is 1. The van der Waals surface area contributed by atoms with Crippen molar-refractivity contribution in [1.82, 2.24) is 15.6 Å². The molecule has 3 rings (SSSR count). The normalized spacial score (nSPS) is 10.7. The Morgan fingerprint density at radius 1 is 1.17 bits per heavy atom. The van der Waals surface area contributed by atoms with Crippen LogP contribution in [-0.4, -0.2) is 36.5 Å². The van der Waals surface area contributed by atoms with E-state index >= 15 is 0 Å². The van der Waals surface area contributed by atoms with Crippen LogP contribution in [0.3, 0.4) is 0 Å². The van der Waals surface area contributed by atoms with Gasteiger partial charge in [0.1, 0.15) is 6.54 Å². The number of nitrogens with one attached hydrogen (secondary N) is 4. The number of anilines is 1. The molecule has 0 saturated carbocycles. The number of halogens is 1. The van der Waals surface area contributed by atoms with Gasteiger partial charge in [-0.2, -0.15) is 0 Å². The second-order valence-electron chi connectivity index (χ2n) is 6.50. The molecule has 3 aromatic rings. The van der Waals surface area contributed by atoms with Gasteiger partial charge in [0, 0.05) is 41.4 Å². The predicted molar refractivity (Wildman–Crippen MR) is 134 cm³/mol. The molecule has 0 fully saturated rings. The summed E-state index contributed by atoms with van der Waals surface area (Å²) in [5.41, 5.74) is 3.76. The third-order valence-electron chi connectivity index (χ3n) is 4.40. The fourth-order valence-corrected chi connectivity index (χ4v) is 3.03. The van der Waals surface area contributed by atoms with Gasteiger partial charge in [-0.1, -0.05) is 30.2 Å². The Bertz CT molecular complexity index is 1050. The number of hydrogen-bond donors (Lipinski definition) is 4. The first-order valence-electron chi connectivity index (χ1n) is 9.63. The van der Waals surface area contributed by atoms with E-state index in [0.29, 0.717) is 24.7 Å². The van der Waals surface area contributed by atoms with Crippen molar-refractivity contribution in [2.45, 2.75) is 13.3 Å². The number of carbonyl (C=O) groups excluding carboxylic acids is 1. The van der Waals surface area contributed by atoms with Gasteiger partial charge < -0.3 is 20.9 Å². The van der Waals surface area contributed by atoms with Crippen molar-refractivity contribution >= 4 is 52.4 Å². The highest BCUT2D eigenvalue weighted by atomic mass is 127. The first kappa shape index (κ1) is 23.3. The van der Waals surface area contributed by atoms with Crippen molar-refractivity contribution in [3.8, 4) is 12.3 Å². The van der Waals surface area contributed by atoms with Gasteiger partial charge in [0.05, 0.1) is 0 Å². The average Bonchev–Trinajstić information content (AvgIpc) is 3.15. The fraction of sp³-hybridized carbons (Fsp3) is 0.217. The number of hydrogen-bond acceptors (Lipinski definition) is 2. The minimum absolute atomic E-state index is 0. The first-order valence-corrected chi connectivity index (χ1v) is 9.63. The molecule has 0 bridgehead atoms. The molecular weight excluding hydrogens is 489 g/mol. The highest BCUT2D eigenvalue weighted by Gasteiger charge is 2.05. The van der Waals surface area contributed by atoms with Crippen molar-refractivity contribution in [3.05, 3.63) is 65.9 Å². The summed E-state index contributed by atoms with van der Waals surface area (Å²) in [6.45, 7) is 3.43. The molecule has 0 aliphatic heterocycles. The molecule has 1 heterocycles. The summed E-state index contributed by atoms with van der Waals surface area (Å²) in [6.07, 6.45) is 8.27. The summed E-state index contributed by atoms with van der Waals surface area (Å²) in [4.78, 5) is 19.8. The standard InChI is InChI=1S/C23H25N5O.HI/c1-3-17-8-7-9-19(14-17)28-22(29)16-27-23(24-4-2)25-13-12-18-15-26-21-11-6-5-10-20(18)21;/h1,5-11,14-15,26H,4,12-13,16H2,2H3,(H,28,29)(H2,24,25,27);1H. The van der Waals surface area contributed by atoms with Crippen molar-refractivity contribution in [1.29, 1.82) is 0 Å². The molecule has 1 aromatic heterocycles. The zero-order valence-corrected chi connectivity index (χ0v) is 19.2. The average molecular weight is 515 g/mol. The van der Waals surface area contributed by atoms with E-state index in [-0.39, 0.29) is 36.4 Å². The summed E-state index contributed by atoms with van der Waals surface area (Å²) in [7, 11) is 0. The van der Waals surface area contributed by atoms with E-state index in [9.17, 15) is 4.79 Å². The maximum absolute atomic E-state index is 12.2. The van der Waals surface area contributed by atoms with Crippen molar-refractivity contribution in [3.63, 3.8) is 0 Å². The molecule has 0 atom stereocenters. The largest absolute Gasteiger partial charge is 0.361 e. The van der Waals surface area contributed by atoms with Crippen LogP contribution in [0.4, 0.5) is 5.69 Å². The number of terminal acetylenes is 1. The van der Waals surface area contributed by atoms with E-state index < -0.39 is 0 Å². The lowest BCUT2D eigenvalue weighted by Gasteiger charge is -2.11. The van der Waals surface area contributed by atoms with Gasteiger partial charge in [-0.3, -0.25) is 4.79 Å². The third kappa shape index (κ3) is 6.52. The lowest BCUT2D eigenvalue weighted by molar-refractivity contribution is -0.114. The molecule has 0 aliphatic carbocycles. The Kier molecular flexibility index (Phi) is 9.22. The number of aromatic nitrogens is 1. The van der Waals surface area contributed by atoms with Crippen LogP contribution < -0.4 is 16.0 Å². The molecule has 2 aromatic carbocycles. The van der Waals surface area contributed by atoms with Gasteiger partial charge >= 0.3 is 0 Å². The van der Waals surface area contributed by atoms with Gasteiger partial charge in [-0.05, 0) is 43.2 Å². The van der Waals surface area contributed by atoms with Crippen LogP contribution >= 0.6 is 24.0 Å². The van der Waals surface area contributed by atoms with Crippen molar-refractivity contribution in [2.24, 2.45) is 4.99 Å². The van der Waals surface area contributed by atoms with Gasteiger partial charge in [-0.25, -0.2) is 4.99 Å². The molecule has 30 heavy (non-hydrogen) atoms. The number of rotatable bonds is 7. The molecule has 0 radical (unpaired) electrons. The molecule has 6 nitrogen and oxygen atoms in total. The van der Waals surface area contributed by atoms with E-state index in [1.165, 1.54) is 10.9 Å². The number of carbonyl (C=O) groups is 1. The second-order valence-corrected chi connectivity index (χ2v) is 6.50.